The van der Waals surface area contributed by atoms with Gasteiger partial charge in [-0.15, -0.1) is 0 Å². The Balaban J connectivity index is 1.61. The van der Waals surface area contributed by atoms with Gasteiger partial charge in [-0.05, 0) is 36.6 Å². The topological polar surface area (TPSA) is 68.5 Å². The van der Waals surface area contributed by atoms with Crippen LogP contribution >= 0.6 is 0 Å². The molecule has 2 heterocycles. The van der Waals surface area contributed by atoms with Crippen molar-refractivity contribution in [1.29, 1.82) is 0 Å². The summed E-state index contributed by atoms with van der Waals surface area (Å²) in [5.41, 5.74) is -4.91. The molecule has 1 aromatic heterocycles. The van der Waals surface area contributed by atoms with E-state index >= 15 is 0 Å². The summed E-state index contributed by atoms with van der Waals surface area (Å²) in [5.74, 6) is -0.294. The summed E-state index contributed by atoms with van der Waals surface area (Å²) in [5, 5.41) is 9.47. The Morgan fingerprint density at radius 1 is 1.16 bits per heavy atom. The first-order valence-electron chi connectivity index (χ1n) is 9.25. The van der Waals surface area contributed by atoms with E-state index in [0.29, 0.717) is 16.3 Å². The second-order valence-electron chi connectivity index (χ2n) is 7.49. The number of oxime groups is 1. The van der Waals surface area contributed by atoms with Gasteiger partial charge in [0.05, 0.1) is 17.8 Å². The number of rotatable bonds is 4. The Kier molecular flexibility index (Phi) is 4.78. The molecule has 6 nitrogen and oxygen atoms in total. The summed E-state index contributed by atoms with van der Waals surface area (Å²) in [6.07, 6.45) is -9.02. The largest absolute Gasteiger partial charge is 0.437 e. The molecule has 1 saturated carbocycles. The van der Waals surface area contributed by atoms with Gasteiger partial charge < -0.3 is 10.2 Å². The van der Waals surface area contributed by atoms with Crippen LogP contribution in [0.15, 0.2) is 35.5 Å². The maximum atomic E-state index is 14.0. The average Bonchev–Trinajstić information content (AvgIpc) is 3.21. The standard InChI is InChI=1S/C19H16F6N4O2/c1-29-15(8-14(27-29)18(20,21)22)17(19(23,24)25)9-13(28-31-17)10-2-4-11(5-3-10)16(30)26-12-6-7-12/h2-5,8,12H,6-7,9H2,1H3,(H,26,30). The van der Waals surface area contributed by atoms with Crippen LogP contribution in [0.1, 0.15) is 46.6 Å². The zero-order valence-electron chi connectivity index (χ0n) is 16.0. The summed E-state index contributed by atoms with van der Waals surface area (Å²) in [7, 11) is 0.979. The molecule has 166 valence electrons. The highest BCUT2D eigenvalue weighted by atomic mass is 19.4. The molecule has 0 spiro atoms. The molecule has 12 heteroatoms. The number of hydrogen-bond donors (Lipinski definition) is 1. The first-order valence-corrected chi connectivity index (χ1v) is 9.25. The lowest BCUT2D eigenvalue weighted by molar-refractivity contribution is -0.278. The Morgan fingerprint density at radius 2 is 1.81 bits per heavy atom. The maximum Gasteiger partial charge on any atom is 0.437 e. The average molecular weight is 446 g/mol. The summed E-state index contributed by atoms with van der Waals surface area (Å²) >= 11 is 0. The monoisotopic (exact) mass is 446 g/mol. The number of nitrogens with zero attached hydrogens (tertiary/aromatic N) is 3. The van der Waals surface area contributed by atoms with E-state index in [2.05, 4.69) is 15.6 Å². The zero-order chi connectivity index (χ0) is 22.6. The van der Waals surface area contributed by atoms with E-state index in [1.807, 2.05) is 0 Å². The number of carbonyl (C=O) groups excluding carboxylic acids is 1. The third-order valence-corrected chi connectivity index (χ3v) is 5.16. The van der Waals surface area contributed by atoms with Gasteiger partial charge in [-0.3, -0.25) is 9.48 Å². The van der Waals surface area contributed by atoms with E-state index in [4.69, 9.17) is 4.84 Å². The quantitative estimate of drug-likeness (QED) is 0.725. The van der Waals surface area contributed by atoms with Crippen molar-refractivity contribution in [2.75, 3.05) is 0 Å². The molecule has 1 aliphatic carbocycles. The number of nitrogens with one attached hydrogen (secondary N) is 1. The summed E-state index contributed by atoms with van der Waals surface area (Å²) in [4.78, 5) is 16.8. The van der Waals surface area contributed by atoms with Crippen molar-refractivity contribution in [3.8, 4) is 0 Å². The fourth-order valence-corrected chi connectivity index (χ4v) is 3.32. The van der Waals surface area contributed by atoms with E-state index in [0.717, 1.165) is 19.9 Å². The molecule has 0 bridgehead atoms. The van der Waals surface area contributed by atoms with Crippen molar-refractivity contribution in [2.24, 2.45) is 12.2 Å². The SMILES string of the molecule is Cn1nc(C(F)(F)F)cc1C1(C(F)(F)F)CC(c2ccc(C(=O)NC3CC3)cc2)=NO1. The predicted molar refractivity (Wildman–Crippen MR) is 95.1 cm³/mol. The number of benzene rings is 1. The normalized spacial score (nSPS) is 21.6. The van der Waals surface area contributed by atoms with Gasteiger partial charge >= 0.3 is 12.4 Å². The fraction of sp³-hybridized carbons (Fsp3) is 0.421. The molecule has 4 rings (SSSR count). The van der Waals surface area contributed by atoms with E-state index in [1.54, 1.807) is 0 Å². The van der Waals surface area contributed by atoms with Crippen LogP contribution in [0, 0.1) is 0 Å². The van der Waals surface area contributed by atoms with Crippen molar-refractivity contribution in [2.45, 2.75) is 43.3 Å². The number of carbonyl (C=O) groups is 1. The molecule has 1 aliphatic heterocycles. The second kappa shape index (κ2) is 6.99. The first-order chi connectivity index (χ1) is 14.4. The van der Waals surface area contributed by atoms with E-state index in [1.165, 1.54) is 24.3 Å². The summed E-state index contributed by atoms with van der Waals surface area (Å²) in [6.45, 7) is 0. The first kappa shape index (κ1) is 21.2. The maximum absolute atomic E-state index is 14.0. The lowest BCUT2D eigenvalue weighted by Crippen LogP contribution is -2.44. The van der Waals surface area contributed by atoms with E-state index in [-0.39, 0.29) is 23.2 Å². The van der Waals surface area contributed by atoms with Crippen LogP contribution in [0.5, 0.6) is 0 Å². The van der Waals surface area contributed by atoms with Crippen molar-refractivity contribution in [3.05, 3.63) is 52.8 Å². The van der Waals surface area contributed by atoms with Gasteiger partial charge in [-0.25, -0.2) is 0 Å². The number of halogens is 6. The highest BCUT2D eigenvalue weighted by Gasteiger charge is 2.64. The second-order valence-corrected chi connectivity index (χ2v) is 7.49. The molecule has 0 radical (unpaired) electrons. The summed E-state index contributed by atoms with van der Waals surface area (Å²) < 4.78 is 81.4. The molecular weight excluding hydrogens is 430 g/mol. The van der Waals surface area contributed by atoms with Gasteiger partial charge in [0.1, 0.15) is 0 Å². The highest BCUT2D eigenvalue weighted by molar-refractivity contribution is 6.03. The molecule has 31 heavy (non-hydrogen) atoms. The fourth-order valence-electron chi connectivity index (χ4n) is 3.32. The van der Waals surface area contributed by atoms with Crippen LogP contribution in [-0.2, 0) is 23.7 Å². The van der Waals surface area contributed by atoms with Crippen LogP contribution in [0.4, 0.5) is 26.3 Å². The number of amides is 1. The molecule has 1 N–H and O–H groups in total. The van der Waals surface area contributed by atoms with Crippen molar-refractivity contribution in [1.82, 2.24) is 15.1 Å². The number of alkyl halides is 6. The summed E-state index contributed by atoms with van der Waals surface area (Å²) in [6, 6.07) is 6.18. The molecular formula is C19H16F6N4O2. The van der Waals surface area contributed by atoms with Gasteiger partial charge in [0.25, 0.3) is 11.5 Å². The Morgan fingerprint density at radius 3 is 2.32 bits per heavy atom. The van der Waals surface area contributed by atoms with Crippen LogP contribution in [0.25, 0.3) is 0 Å². The van der Waals surface area contributed by atoms with Crippen molar-refractivity contribution in [3.63, 3.8) is 0 Å². The lowest BCUT2D eigenvalue weighted by Gasteiger charge is -2.28. The van der Waals surface area contributed by atoms with Gasteiger partial charge in [-0.2, -0.15) is 31.4 Å². The number of hydrogen-bond acceptors (Lipinski definition) is 4. The molecule has 2 aromatic rings. The third-order valence-electron chi connectivity index (χ3n) is 5.16. The smallest absolute Gasteiger partial charge is 0.372 e. The minimum absolute atomic E-state index is 0.110. The predicted octanol–water partition coefficient (Wildman–Crippen LogP) is 3.91. The van der Waals surface area contributed by atoms with Crippen LogP contribution in [0.2, 0.25) is 0 Å². The Bertz CT molecular complexity index is 1040. The number of aromatic nitrogens is 2. The van der Waals surface area contributed by atoms with Gasteiger partial charge in [0.15, 0.2) is 5.69 Å². The highest BCUT2D eigenvalue weighted by Crippen LogP contribution is 2.49. The molecule has 1 atom stereocenters. The zero-order valence-corrected chi connectivity index (χ0v) is 16.0. The van der Waals surface area contributed by atoms with Crippen LogP contribution < -0.4 is 5.32 Å². The van der Waals surface area contributed by atoms with Crippen LogP contribution in [0.3, 0.4) is 0 Å². The third kappa shape index (κ3) is 3.86. The Labute approximate surface area is 171 Å². The molecule has 0 saturated heterocycles. The molecule has 1 amide bonds. The molecule has 1 aromatic carbocycles. The van der Waals surface area contributed by atoms with Crippen molar-refractivity contribution >= 4 is 11.6 Å². The minimum atomic E-state index is -5.07. The minimum Gasteiger partial charge on any atom is -0.372 e. The molecule has 1 fully saturated rings. The molecule has 1 unspecified atom stereocenters. The van der Waals surface area contributed by atoms with E-state index < -0.39 is 35.8 Å². The van der Waals surface area contributed by atoms with E-state index in [9.17, 15) is 31.1 Å². The van der Waals surface area contributed by atoms with Gasteiger partial charge in [0, 0.05) is 18.7 Å². The van der Waals surface area contributed by atoms with Gasteiger partial charge in [-0.1, -0.05) is 17.3 Å². The lowest BCUT2D eigenvalue weighted by atomic mass is 9.89. The number of aryl methyl sites for hydroxylation is 1. The van der Waals surface area contributed by atoms with Crippen molar-refractivity contribution < 1.29 is 36.0 Å². The Hall–Kier alpha value is -3.05. The molecule has 2 aliphatic rings. The van der Waals surface area contributed by atoms with Gasteiger partial charge in [0.2, 0.25) is 0 Å². The van der Waals surface area contributed by atoms with Crippen LogP contribution in [-0.4, -0.2) is 33.6 Å².